The van der Waals surface area contributed by atoms with E-state index in [4.69, 9.17) is 9.47 Å². The number of urea groups is 1. The molecule has 0 aromatic heterocycles. The molecule has 1 aromatic carbocycles. The molecule has 2 N–H and O–H groups in total. The van der Waals surface area contributed by atoms with Crippen LogP contribution in [0.1, 0.15) is 37.7 Å². The third kappa shape index (κ3) is 4.83. The van der Waals surface area contributed by atoms with Crippen molar-refractivity contribution in [1.29, 1.82) is 0 Å². The fraction of sp³-hybridized carbons (Fsp3) is 0.588. The molecule has 0 unspecified atom stereocenters. The van der Waals surface area contributed by atoms with Gasteiger partial charge in [0.2, 0.25) is 0 Å². The summed E-state index contributed by atoms with van der Waals surface area (Å²) >= 11 is 0. The molecule has 1 aliphatic rings. The average molecular weight is 306 g/mol. The summed E-state index contributed by atoms with van der Waals surface area (Å²) in [6.07, 6.45) is 6.61. The van der Waals surface area contributed by atoms with E-state index in [0.29, 0.717) is 19.0 Å². The van der Waals surface area contributed by atoms with Gasteiger partial charge in [-0.1, -0.05) is 19.3 Å². The minimum absolute atomic E-state index is 0.0752. The van der Waals surface area contributed by atoms with Crippen molar-refractivity contribution in [1.82, 2.24) is 10.6 Å². The lowest BCUT2D eigenvalue weighted by Gasteiger charge is -2.22. The second kappa shape index (κ2) is 8.51. The van der Waals surface area contributed by atoms with Gasteiger partial charge in [0.05, 0.1) is 14.2 Å². The highest BCUT2D eigenvalue weighted by Crippen LogP contribution is 2.24. The van der Waals surface area contributed by atoms with E-state index < -0.39 is 0 Å². The van der Waals surface area contributed by atoms with Gasteiger partial charge in [0.25, 0.3) is 0 Å². The Labute approximate surface area is 132 Å². The predicted octanol–water partition coefficient (Wildman–Crippen LogP) is 2.88. The number of amides is 2. The number of hydrogen-bond acceptors (Lipinski definition) is 3. The Morgan fingerprint density at radius 1 is 1.18 bits per heavy atom. The number of nitrogens with one attached hydrogen (secondary N) is 2. The summed E-state index contributed by atoms with van der Waals surface area (Å²) in [6.45, 7) is 0.572. The molecule has 1 saturated carbocycles. The first-order valence-electron chi connectivity index (χ1n) is 7.98. The van der Waals surface area contributed by atoms with Gasteiger partial charge >= 0.3 is 6.03 Å². The highest BCUT2D eigenvalue weighted by Gasteiger charge is 2.15. The first-order valence-corrected chi connectivity index (χ1v) is 7.98. The summed E-state index contributed by atoms with van der Waals surface area (Å²) in [5.74, 6) is 1.61. The Hall–Kier alpha value is -1.91. The average Bonchev–Trinajstić information content (AvgIpc) is 2.55. The lowest BCUT2D eigenvalue weighted by molar-refractivity contribution is 0.233. The van der Waals surface area contributed by atoms with Crippen molar-refractivity contribution in [2.45, 2.75) is 44.6 Å². The predicted molar refractivity (Wildman–Crippen MR) is 86.7 cm³/mol. The lowest BCUT2D eigenvalue weighted by atomic mass is 9.96. The van der Waals surface area contributed by atoms with E-state index in [0.717, 1.165) is 29.9 Å². The van der Waals surface area contributed by atoms with Gasteiger partial charge in [-0.2, -0.15) is 0 Å². The van der Waals surface area contributed by atoms with Crippen LogP contribution >= 0.6 is 0 Å². The molecule has 1 aliphatic carbocycles. The molecule has 1 aromatic rings. The van der Waals surface area contributed by atoms with Gasteiger partial charge < -0.3 is 20.1 Å². The zero-order chi connectivity index (χ0) is 15.8. The molecule has 5 nitrogen and oxygen atoms in total. The van der Waals surface area contributed by atoms with Gasteiger partial charge in [0.1, 0.15) is 11.5 Å². The summed E-state index contributed by atoms with van der Waals surface area (Å²) in [4.78, 5) is 11.9. The lowest BCUT2D eigenvalue weighted by Crippen LogP contribution is -2.43. The Kier molecular flexibility index (Phi) is 6.37. The molecule has 1 fully saturated rings. The molecule has 0 spiro atoms. The Bertz CT molecular complexity index is 485. The SMILES string of the molecule is COc1ccc(OC)c(CCNC(=O)NC2CCCCC2)c1. The Balaban J connectivity index is 1.78. The molecule has 0 heterocycles. The van der Waals surface area contributed by atoms with E-state index in [1.807, 2.05) is 18.2 Å². The maximum absolute atomic E-state index is 11.9. The van der Waals surface area contributed by atoms with Crippen LogP contribution < -0.4 is 20.1 Å². The Morgan fingerprint density at radius 3 is 2.64 bits per heavy atom. The van der Waals surface area contributed by atoms with Gasteiger partial charge in [-0.25, -0.2) is 4.79 Å². The molecule has 0 atom stereocenters. The summed E-state index contributed by atoms with van der Waals surface area (Å²) in [5, 5.41) is 5.97. The van der Waals surface area contributed by atoms with Crippen molar-refractivity contribution in [2.24, 2.45) is 0 Å². The number of methoxy groups -OCH3 is 2. The van der Waals surface area contributed by atoms with E-state index >= 15 is 0 Å². The van der Waals surface area contributed by atoms with Crippen molar-refractivity contribution in [3.8, 4) is 11.5 Å². The summed E-state index contributed by atoms with van der Waals surface area (Å²) in [6, 6.07) is 5.95. The minimum atomic E-state index is -0.0752. The number of rotatable bonds is 6. The first-order chi connectivity index (χ1) is 10.7. The molecule has 22 heavy (non-hydrogen) atoms. The minimum Gasteiger partial charge on any atom is -0.497 e. The largest absolute Gasteiger partial charge is 0.497 e. The number of carbonyl (C=O) groups is 1. The van der Waals surface area contributed by atoms with Crippen molar-refractivity contribution in [3.05, 3.63) is 23.8 Å². The van der Waals surface area contributed by atoms with E-state index in [2.05, 4.69) is 10.6 Å². The van der Waals surface area contributed by atoms with Crippen LogP contribution in [0.3, 0.4) is 0 Å². The highest BCUT2D eigenvalue weighted by atomic mass is 16.5. The maximum atomic E-state index is 11.9. The van der Waals surface area contributed by atoms with E-state index in [1.165, 1.54) is 19.3 Å². The molecule has 0 aliphatic heterocycles. The Morgan fingerprint density at radius 2 is 1.95 bits per heavy atom. The van der Waals surface area contributed by atoms with Crippen LogP contribution in [-0.4, -0.2) is 32.8 Å². The van der Waals surface area contributed by atoms with Gasteiger partial charge in [0, 0.05) is 12.6 Å². The van der Waals surface area contributed by atoms with Crippen LogP contribution in [0.5, 0.6) is 11.5 Å². The van der Waals surface area contributed by atoms with Gasteiger partial charge in [-0.05, 0) is 43.0 Å². The van der Waals surface area contributed by atoms with E-state index in [1.54, 1.807) is 14.2 Å². The van der Waals surface area contributed by atoms with Crippen LogP contribution in [0.2, 0.25) is 0 Å². The van der Waals surface area contributed by atoms with Crippen molar-refractivity contribution in [3.63, 3.8) is 0 Å². The normalized spacial score (nSPS) is 15.2. The standard InChI is InChI=1S/C17H26N2O3/c1-21-15-8-9-16(22-2)13(12-15)10-11-18-17(20)19-14-6-4-3-5-7-14/h8-9,12,14H,3-7,10-11H2,1-2H3,(H2,18,19,20). The fourth-order valence-corrected chi connectivity index (χ4v) is 2.87. The molecule has 0 bridgehead atoms. The van der Waals surface area contributed by atoms with Gasteiger partial charge in [0.15, 0.2) is 0 Å². The van der Waals surface area contributed by atoms with Crippen LogP contribution in [0.25, 0.3) is 0 Å². The third-order valence-electron chi connectivity index (χ3n) is 4.11. The summed E-state index contributed by atoms with van der Waals surface area (Å²) in [5.41, 5.74) is 1.03. The maximum Gasteiger partial charge on any atom is 0.315 e. The van der Waals surface area contributed by atoms with E-state index in [-0.39, 0.29) is 6.03 Å². The first kappa shape index (κ1) is 16.5. The van der Waals surface area contributed by atoms with Crippen LogP contribution in [0.15, 0.2) is 18.2 Å². The molecule has 0 radical (unpaired) electrons. The number of hydrogen-bond donors (Lipinski definition) is 2. The molecular weight excluding hydrogens is 280 g/mol. The van der Waals surface area contributed by atoms with E-state index in [9.17, 15) is 4.79 Å². The van der Waals surface area contributed by atoms with Crippen molar-refractivity contribution in [2.75, 3.05) is 20.8 Å². The number of carbonyl (C=O) groups excluding carboxylic acids is 1. The smallest absolute Gasteiger partial charge is 0.315 e. The third-order valence-corrected chi connectivity index (χ3v) is 4.11. The highest BCUT2D eigenvalue weighted by molar-refractivity contribution is 5.74. The fourth-order valence-electron chi connectivity index (χ4n) is 2.87. The van der Waals surface area contributed by atoms with Crippen LogP contribution in [0.4, 0.5) is 4.79 Å². The summed E-state index contributed by atoms with van der Waals surface area (Å²) < 4.78 is 10.6. The van der Waals surface area contributed by atoms with Gasteiger partial charge in [-0.3, -0.25) is 0 Å². The van der Waals surface area contributed by atoms with Gasteiger partial charge in [-0.15, -0.1) is 0 Å². The quantitative estimate of drug-likeness (QED) is 0.849. The molecule has 0 saturated heterocycles. The second-order valence-corrected chi connectivity index (χ2v) is 5.66. The second-order valence-electron chi connectivity index (χ2n) is 5.66. The van der Waals surface area contributed by atoms with Crippen molar-refractivity contribution >= 4 is 6.03 Å². The molecule has 2 rings (SSSR count). The van der Waals surface area contributed by atoms with Crippen LogP contribution in [-0.2, 0) is 6.42 Å². The molecular formula is C17H26N2O3. The molecule has 2 amide bonds. The molecule has 122 valence electrons. The zero-order valence-electron chi connectivity index (χ0n) is 13.5. The zero-order valence-corrected chi connectivity index (χ0v) is 13.5. The topological polar surface area (TPSA) is 59.6 Å². The van der Waals surface area contributed by atoms with Crippen molar-refractivity contribution < 1.29 is 14.3 Å². The monoisotopic (exact) mass is 306 g/mol. The summed E-state index contributed by atoms with van der Waals surface area (Å²) in [7, 11) is 3.29. The number of benzene rings is 1. The van der Waals surface area contributed by atoms with Crippen LogP contribution in [0, 0.1) is 0 Å². The molecule has 5 heteroatoms. The number of ether oxygens (including phenoxy) is 2.